The van der Waals surface area contributed by atoms with E-state index in [9.17, 15) is 0 Å². The fraction of sp³-hybridized carbons (Fsp3) is 1.00. The third-order valence-corrected chi connectivity index (χ3v) is 58.5. The van der Waals surface area contributed by atoms with Crippen LogP contribution in [0.1, 0.15) is 6.42 Å². The molecule has 15 heavy (non-hydrogen) atoms. The molecule has 4 atom stereocenters. The van der Waals surface area contributed by atoms with Crippen molar-refractivity contribution >= 4 is 0 Å². The van der Waals surface area contributed by atoms with E-state index in [0.29, 0.717) is 0 Å². The number of hydrogen-bond acceptors (Lipinski definition) is 2. The number of fused-ring (bicyclic) bond motifs is 10. The van der Waals surface area contributed by atoms with Gasteiger partial charge < -0.3 is 0 Å². The Hall–Kier alpha value is 0.439. The summed E-state index contributed by atoms with van der Waals surface area (Å²) in [5.41, 5.74) is 12.0. The Kier molecular flexibility index (Phi) is 0.138. The molecule has 1 spiro atoms. The van der Waals surface area contributed by atoms with Gasteiger partial charge in [0, 0.05) is 0 Å². The van der Waals surface area contributed by atoms with Gasteiger partial charge in [-0.3, -0.25) is 0 Å². The van der Waals surface area contributed by atoms with Crippen LogP contribution < -0.4 is 11.5 Å². The van der Waals surface area contributed by atoms with Gasteiger partial charge in [-0.05, 0) is 0 Å². The second-order valence-electron chi connectivity index (χ2n) is 10.7. The zero-order chi connectivity index (χ0) is 9.30. The van der Waals surface area contributed by atoms with Crippen LogP contribution in [0.25, 0.3) is 0 Å². The molecule has 10 fully saturated rings. The van der Waals surface area contributed by atoms with Crippen molar-refractivity contribution < 1.29 is 6.51 Å². The Labute approximate surface area is 78.4 Å². The van der Waals surface area contributed by atoms with Gasteiger partial charge in [-0.2, -0.15) is 0 Å². The first-order valence-electron chi connectivity index (χ1n) is 6.69. The average Bonchev–Trinajstić information content (AvgIpc) is 3.12. The molecule has 82 valence electrons. The molecule has 10 aliphatic rings. The van der Waals surface area contributed by atoms with Gasteiger partial charge in [-0.15, -0.1) is 0 Å². The van der Waals surface area contributed by atoms with Crippen molar-refractivity contribution in [1.29, 1.82) is 0 Å². The molecule has 2 nitrogen and oxygen atoms in total. The third kappa shape index (κ3) is 0.0468. The zero-order valence-electron chi connectivity index (χ0n) is 8.49. The molecule has 0 bridgehead atoms. The van der Waals surface area contributed by atoms with E-state index in [-0.39, 0.29) is 6.17 Å². The predicted octanol–water partition coefficient (Wildman–Crippen LogP) is 2.38. The van der Waals surface area contributed by atoms with Crippen LogP contribution in [0.2, 0.25) is 47.7 Å². The van der Waals surface area contributed by atoms with Crippen molar-refractivity contribution in [3.8, 4) is 0 Å². The van der Waals surface area contributed by atoms with Gasteiger partial charge in [0.15, 0.2) is 0 Å². The standard InChI is InChI=1S/C7H11N2.C5H5.Fe/c8-7(9)5-6-3-1-2-4-6;1-2-4-5-3-1;/h1-4,7H,5,8-9H2;1-5H;. The third-order valence-electron chi connectivity index (χ3n) is 15.5. The second kappa shape index (κ2) is 0.384. The van der Waals surface area contributed by atoms with Gasteiger partial charge in [0.2, 0.25) is 0 Å². The van der Waals surface area contributed by atoms with E-state index in [2.05, 4.69) is 0 Å². The summed E-state index contributed by atoms with van der Waals surface area (Å²) in [6, 6.07) is 0. The summed E-state index contributed by atoms with van der Waals surface area (Å²) in [5, 5.41) is 0. The van der Waals surface area contributed by atoms with Crippen molar-refractivity contribution in [2.24, 2.45) is 11.5 Å². The second-order valence-corrected chi connectivity index (χ2v) is 34.4. The maximum atomic E-state index is 6.00. The Morgan fingerprint density at radius 1 is 0.867 bits per heavy atom. The van der Waals surface area contributed by atoms with Gasteiger partial charge in [0.1, 0.15) is 0 Å². The van der Waals surface area contributed by atoms with Crippen LogP contribution in [0, 0.1) is 0 Å². The molecule has 10 saturated heterocycles. The van der Waals surface area contributed by atoms with Crippen molar-refractivity contribution in [1.82, 2.24) is 0 Å². The summed E-state index contributed by atoms with van der Waals surface area (Å²) in [6.07, 6.45) is 1.32. The summed E-state index contributed by atoms with van der Waals surface area (Å²) >= 11 is 0. The first-order valence-corrected chi connectivity index (χ1v) is 13.0. The first-order chi connectivity index (χ1) is 6.96. The van der Waals surface area contributed by atoms with Crippen molar-refractivity contribution in [3.63, 3.8) is 0 Å². The van der Waals surface area contributed by atoms with Crippen LogP contribution in [-0.2, 0) is 6.51 Å². The van der Waals surface area contributed by atoms with Crippen LogP contribution in [0.3, 0.4) is 0 Å². The predicted molar refractivity (Wildman–Crippen MR) is 53.2 cm³/mol. The normalized spacial score (nSPS) is 134. The van der Waals surface area contributed by atoms with E-state index in [4.69, 9.17) is 11.5 Å². The van der Waals surface area contributed by atoms with Gasteiger partial charge in [0.05, 0.1) is 0 Å². The Morgan fingerprint density at radius 3 is 1.53 bits per heavy atom. The molecule has 0 aromatic rings. The van der Waals surface area contributed by atoms with E-state index in [1.807, 2.05) is 0 Å². The molecule has 3 heteroatoms. The fourth-order valence-corrected chi connectivity index (χ4v) is 92.7. The monoisotopic (exact) mass is 244 g/mol. The minimum atomic E-state index is -2.76. The van der Waals surface area contributed by atoms with Crippen LogP contribution in [-0.4, -0.2) is 6.17 Å². The van der Waals surface area contributed by atoms with E-state index >= 15 is 0 Å². The van der Waals surface area contributed by atoms with Crippen LogP contribution in [0.5, 0.6) is 0 Å². The molecular formula is C12H16FeN2. The van der Waals surface area contributed by atoms with E-state index < -0.39 is 6.51 Å². The minimum absolute atomic E-state index is 0.0322. The van der Waals surface area contributed by atoms with Gasteiger partial charge in [-0.25, -0.2) is 0 Å². The molecule has 0 aromatic heterocycles. The Morgan fingerprint density at radius 2 is 1.33 bits per heavy atom. The first kappa shape index (κ1) is 5.39. The topological polar surface area (TPSA) is 52.0 Å². The number of nitrogens with two attached hydrogens (primary N) is 2. The van der Waals surface area contributed by atoms with Crippen LogP contribution in [0.4, 0.5) is 0 Å². The van der Waals surface area contributed by atoms with Gasteiger partial charge >= 0.3 is 78.2 Å². The summed E-state index contributed by atoms with van der Waals surface area (Å²) in [4.78, 5) is 12.9. The van der Waals surface area contributed by atoms with E-state index in [1.165, 1.54) is 49.8 Å². The van der Waals surface area contributed by atoms with Crippen LogP contribution >= 0.6 is 0 Å². The van der Waals surface area contributed by atoms with E-state index in [0.717, 1.165) is 4.31 Å². The quantitative estimate of drug-likeness (QED) is 0.578. The summed E-state index contributed by atoms with van der Waals surface area (Å²) < 4.78 is 0.966. The molecule has 0 radical (unpaired) electrons. The molecule has 0 saturated carbocycles. The number of rotatable bonds is 2. The van der Waals surface area contributed by atoms with E-state index in [1.54, 1.807) is 0 Å². The van der Waals surface area contributed by atoms with Crippen LogP contribution in [0.15, 0.2) is 0 Å². The number of hydrogen-bond donors (Lipinski definition) is 2. The van der Waals surface area contributed by atoms with Gasteiger partial charge in [-0.1, -0.05) is 0 Å². The zero-order valence-corrected chi connectivity index (χ0v) is 9.59. The summed E-state index contributed by atoms with van der Waals surface area (Å²) in [7, 11) is 0. The molecule has 10 aliphatic heterocycles. The molecule has 4 unspecified atom stereocenters. The van der Waals surface area contributed by atoms with Crippen molar-refractivity contribution in [3.05, 3.63) is 0 Å². The molecule has 10 heterocycles. The summed E-state index contributed by atoms with van der Waals surface area (Å²) in [5.74, 6) is 0. The Balaban J connectivity index is 1.70. The maximum absolute atomic E-state index is 6.00. The average molecular weight is 244 g/mol. The molecule has 0 aliphatic carbocycles. The van der Waals surface area contributed by atoms with Crippen molar-refractivity contribution in [2.75, 3.05) is 0 Å². The summed E-state index contributed by atoms with van der Waals surface area (Å²) in [6.45, 7) is -2.76. The van der Waals surface area contributed by atoms with Gasteiger partial charge in [0.25, 0.3) is 0 Å². The Bertz CT molecular complexity index is 818. The molecule has 0 amide bonds. The molecule has 10 rings (SSSR count). The molecule has 4 N–H and O–H groups in total. The SMILES string of the molecule is NC(N)C[C]12[CH]3[CH]4[CH]5[CH]1[Fe]45321678[CH]2[CH]1[CH]6[CH]7[CH]28. The fourth-order valence-electron chi connectivity index (χ4n) is 17.6. The molecular weight excluding hydrogens is 228 g/mol. The molecule has 0 aromatic carbocycles. The van der Waals surface area contributed by atoms with Crippen molar-refractivity contribution in [2.45, 2.75) is 60.2 Å².